The first-order valence-corrected chi connectivity index (χ1v) is 2.89. The van der Waals surface area contributed by atoms with E-state index in [-0.39, 0.29) is 6.42 Å². The molecule has 0 radical (unpaired) electrons. The minimum absolute atomic E-state index is 0.135. The van der Waals surface area contributed by atoms with Gasteiger partial charge in [0.2, 0.25) is 12.3 Å². The number of nitrogens with two attached hydrogens (primary N) is 1. The lowest BCUT2D eigenvalue weighted by Crippen LogP contribution is -2.43. The highest BCUT2D eigenvalue weighted by Crippen LogP contribution is 1.83. The molecule has 0 aromatic carbocycles. The van der Waals surface area contributed by atoms with Gasteiger partial charge in [-0.2, -0.15) is 0 Å². The third-order valence-corrected chi connectivity index (χ3v) is 0.913. The van der Waals surface area contributed by atoms with Gasteiger partial charge in [0.05, 0.1) is 12.5 Å². The lowest BCUT2D eigenvalue weighted by molar-refractivity contribution is -0.121. The summed E-state index contributed by atoms with van der Waals surface area (Å²) in [4.78, 5) is 30.1. The van der Waals surface area contributed by atoms with Gasteiger partial charge < -0.3 is 10.5 Å². The number of amides is 2. The summed E-state index contributed by atoms with van der Waals surface area (Å²) in [6.07, 6.45) is 0.711. The Balaban J connectivity index is 3.65. The van der Waals surface area contributed by atoms with Crippen LogP contribution in [0.1, 0.15) is 6.42 Å². The van der Waals surface area contributed by atoms with Gasteiger partial charge >= 0.3 is 0 Å². The van der Waals surface area contributed by atoms with Gasteiger partial charge in [0, 0.05) is 0 Å². The van der Waals surface area contributed by atoms with Crippen LogP contribution in [0.2, 0.25) is 0 Å². The van der Waals surface area contributed by atoms with Gasteiger partial charge in [-0.25, -0.2) is 5.43 Å². The summed E-state index contributed by atoms with van der Waals surface area (Å²) >= 11 is 0. The van der Waals surface area contributed by atoms with Crippen molar-refractivity contribution in [2.45, 2.75) is 12.5 Å². The molecule has 0 bridgehead atoms. The van der Waals surface area contributed by atoms with Gasteiger partial charge in [0.25, 0.3) is 0 Å². The molecule has 2 amide bonds. The van der Waals surface area contributed by atoms with E-state index in [0.29, 0.717) is 12.7 Å². The highest BCUT2D eigenvalue weighted by molar-refractivity contribution is 5.78. The summed E-state index contributed by atoms with van der Waals surface area (Å²) in [5, 5.41) is 0. The summed E-state index contributed by atoms with van der Waals surface area (Å²) in [7, 11) is 0. The molecule has 0 unspecified atom stereocenters. The minimum Gasteiger partial charge on any atom is -0.370 e. The Morgan fingerprint density at radius 3 is 2.55 bits per heavy atom. The van der Waals surface area contributed by atoms with Crippen LogP contribution < -0.4 is 16.6 Å². The van der Waals surface area contributed by atoms with Crippen molar-refractivity contribution in [1.82, 2.24) is 10.9 Å². The zero-order valence-electron chi connectivity index (χ0n) is 5.74. The van der Waals surface area contributed by atoms with Crippen molar-refractivity contribution in [2.24, 2.45) is 5.73 Å². The number of rotatable bonds is 6. The van der Waals surface area contributed by atoms with Gasteiger partial charge in [0.1, 0.15) is 6.29 Å². The first-order chi connectivity index (χ1) is 5.20. The van der Waals surface area contributed by atoms with Crippen LogP contribution in [0.4, 0.5) is 0 Å². The van der Waals surface area contributed by atoms with Gasteiger partial charge in [0.15, 0.2) is 0 Å². The third-order valence-electron chi connectivity index (χ3n) is 0.913. The Bertz CT molecular complexity index is 159. The summed E-state index contributed by atoms with van der Waals surface area (Å²) in [5.41, 5.74) is 9.09. The quantitative estimate of drug-likeness (QED) is 0.299. The van der Waals surface area contributed by atoms with Crippen LogP contribution in [-0.4, -0.2) is 24.6 Å². The molecule has 4 N–H and O–H groups in total. The summed E-state index contributed by atoms with van der Waals surface area (Å²) in [5.74, 6) is -0.609. The second-order valence-electron chi connectivity index (χ2n) is 1.82. The Kier molecular flexibility index (Phi) is 4.67. The predicted molar refractivity (Wildman–Crippen MR) is 36.0 cm³/mol. The number of nitrogens with one attached hydrogen (secondary N) is 2. The number of aldehydes is 1. The monoisotopic (exact) mass is 159 g/mol. The molecule has 0 aliphatic carbocycles. The molecule has 0 saturated heterocycles. The van der Waals surface area contributed by atoms with Crippen LogP contribution in [-0.2, 0) is 14.4 Å². The first kappa shape index (κ1) is 9.57. The Labute approximate surface area is 63.1 Å². The summed E-state index contributed by atoms with van der Waals surface area (Å²) in [6, 6.07) is -0.752. The molecule has 0 aromatic rings. The van der Waals surface area contributed by atoms with E-state index in [1.54, 1.807) is 0 Å². The van der Waals surface area contributed by atoms with Gasteiger partial charge in [-0.3, -0.25) is 15.0 Å². The molecule has 6 nitrogen and oxygen atoms in total. The molecule has 6 heteroatoms. The lowest BCUT2D eigenvalue weighted by Gasteiger charge is -2.07. The minimum atomic E-state index is -0.752. The van der Waals surface area contributed by atoms with Crippen LogP contribution in [0.3, 0.4) is 0 Å². The molecule has 11 heavy (non-hydrogen) atoms. The number of hydrogen-bond donors (Lipinski definition) is 3. The van der Waals surface area contributed by atoms with Crippen LogP contribution in [0.5, 0.6) is 0 Å². The Hall–Kier alpha value is -1.43. The molecule has 0 aliphatic rings. The molecular weight excluding hydrogens is 150 g/mol. The second kappa shape index (κ2) is 5.36. The van der Waals surface area contributed by atoms with Crippen LogP contribution in [0.25, 0.3) is 0 Å². The predicted octanol–water partition coefficient (Wildman–Crippen LogP) is -2.32. The van der Waals surface area contributed by atoms with Crippen molar-refractivity contribution < 1.29 is 14.4 Å². The number of carbonyl (C=O) groups is 3. The van der Waals surface area contributed by atoms with Crippen LogP contribution in [0, 0.1) is 0 Å². The van der Waals surface area contributed by atoms with E-state index < -0.39 is 11.9 Å². The van der Waals surface area contributed by atoms with E-state index in [4.69, 9.17) is 5.73 Å². The molecule has 0 heterocycles. The average molecular weight is 159 g/mol. The maximum atomic E-state index is 10.2. The number of hydrogen-bond acceptors (Lipinski definition) is 4. The molecule has 0 spiro atoms. The molecule has 0 aromatic heterocycles. The fraction of sp³-hybridized carbons (Fsp3) is 0.400. The normalized spacial score (nSPS) is 11.6. The summed E-state index contributed by atoms with van der Waals surface area (Å²) in [6.45, 7) is 0. The Morgan fingerprint density at radius 1 is 1.55 bits per heavy atom. The summed E-state index contributed by atoms with van der Waals surface area (Å²) < 4.78 is 0. The highest BCUT2D eigenvalue weighted by atomic mass is 16.1. The topological polar surface area (TPSA) is 101 Å². The van der Waals surface area contributed by atoms with Crippen molar-refractivity contribution in [2.75, 3.05) is 0 Å². The molecule has 0 saturated carbocycles. The van der Waals surface area contributed by atoms with Gasteiger partial charge in [-0.15, -0.1) is 0 Å². The van der Waals surface area contributed by atoms with E-state index in [0.717, 1.165) is 0 Å². The lowest BCUT2D eigenvalue weighted by atomic mass is 10.2. The van der Waals surface area contributed by atoms with Crippen LogP contribution in [0.15, 0.2) is 0 Å². The molecule has 1 atom stereocenters. The maximum absolute atomic E-state index is 10.2. The zero-order chi connectivity index (χ0) is 8.69. The van der Waals surface area contributed by atoms with E-state index in [2.05, 4.69) is 5.43 Å². The van der Waals surface area contributed by atoms with E-state index in [9.17, 15) is 14.4 Å². The van der Waals surface area contributed by atoms with E-state index in [1.807, 2.05) is 5.43 Å². The zero-order valence-corrected chi connectivity index (χ0v) is 5.74. The molecule has 0 rings (SSSR count). The van der Waals surface area contributed by atoms with E-state index >= 15 is 0 Å². The SMILES string of the molecule is NC(=O)C[C@@H](C=O)NNC=O. The standard InChI is InChI=1S/C5H9N3O3/c6-5(11)1-4(2-9)8-7-3-10/h2-4,8H,1H2,(H2,6,11)(H,7,10)/t4-/m0/s1. The average Bonchev–Trinajstić information content (AvgIpc) is 1.97. The van der Waals surface area contributed by atoms with E-state index in [1.165, 1.54) is 0 Å². The van der Waals surface area contributed by atoms with Gasteiger partial charge in [-0.1, -0.05) is 0 Å². The number of primary amides is 1. The van der Waals surface area contributed by atoms with Crippen LogP contribution >= 0.6 is 0 Å². The maximum Gasteiger partial charge on any atom is 0.221 e. The van der Waals surface area contributed by atoms with Gasteiger partial charge in [-0.05, 0) is 0 Å². The van der Waals surface area contributed by atoms with Crippen molar-refractivity contribution >= 4 is 18.6 Å². The smallest absolute Gasteiger partial charge is 0.221 e. The second-order valence-corrected chi connectivity index (χ2v) is 1.82. The highest BCUT2D eigenvalue weighted by Gasteiger charge is 2.08. The fourth-order valence-electron chi connectivity index (χ4n) is 0.491. The number of hydrazine groups is 1. The van der Waals surface area contributed by atoms with Crippen molar-refractivity contribution in [3.63, 3.8) is 0 Å². The molecular formula is C5H9N3O3. The molecule has 62 valence electrons. The molecule has 0 fully saturated rings. The fourth-order valence-corrected chi connectivity index (χ4v) is 0.491. The van der Waals surface area contributed by atoms with Crippen molar-refractivity contribution in [3.8, 4) is 0 Å². The van der Waals surface area contributed by atoms with Crippen molar-refractivity contribution in [3.05, 3.63) is 0 Å². The first-order valence-electron chi connectivity index (χ1n) is 2.89. The molecule has 0 aliphatic heterocycles. The third kappa shape index (κ3) is 5.04. The largest absolute Gasteiger partial charge is 0.370 e. The number of carbonyl (C=O) groups excluding carboxylic acids is 3. The van der Waals surface area contributed by atoms with Crippen molar-refractivity contribution in [1.29, 1.82) is 0 Å². The Morgan fingerprint density at radius 2 is 2.18 bits per heavy atom.